The van der Waals surface area contributed by atoms with Gasteiger partial charge in [-0.1, -0.05) is 18.5 Å². The van der Waals surface area contributed by atoms with Crippen LogP contribution in [0.25, 0.3) is 0 Å². The first-order valence-electron chi connectivity index (χ1n) is 8.59. The fraction of sp³-hybridized carbons (Fsp3) is 0.300. The van der Waals surface area contributed by atoms with Gasteiger partial charge in [0.15, 0.2) is 11.5 Å². The van der Waals surface area contributed by atoms with Crippen LogP contribution in [0.2, 0.25) is 5.02 Å². The van der Waals surface area contributed by atoms with E-state index in [-0.39, 0.29) is 5.91 Å². The highest BCUT2D eigenvalue weighted by Gasteiger charge is 2.16. The molecule has 0 saturated carbocycles. The molecule has 2 aromatic carbocycles. The van der Waals surface area contributed by atoms with Gasteiger partial charge in [0.05, 0.1) is 30.9 Å². The number of rotatable bonds is 8. The van der Waals surface area contributed by atoms with Gasteiger partial charge in [0.1, 0.15) is 0 Å². The van der Waals surface area contributed by atoms with E-state index in [1.807, 2.05) is 13.8 Å². The van der Waals surface area contributed by atoms with Gasteiger partial charge < -0.3 is 19.5 Å². The highest BCUT2D eigenvalue weighted by Crippen LogP contribution is 2.37. The number of hydrogen-bond donors (Lipinski definition) is 1. The summed E-state index contributed by atoms with van der Waals surface area (Å²) < 4.78 is 15.9. The number of anilines is 1. The topological polar surface area (TPSA) is 73.9 Å². The molecule has 0 heterocycles. The van der Waals surface area contributed by atoms with Crippen LogP contribution in [-0.4, -0.2) is 32.2 Å². The first-order valence-corrected chi connectivity index (χ1v) is 8.96. The second-order valence-electron chi connectivity index (χ2n) is 5.59. The molecule has 1 amide bonds. The molecule has 0 bridgehead atoms. The van der Waals surface area contributed by atoms with Crippen LogP contribution in [0.15, 0.2) is 36.4 Å². The Kier molecular flexibility index (Phi) is 7.49. The molecule has 0 aliphatic heterocycles. The number of ether oxygens (including phenoxy) is 3. The maximum absolute atomic E-state index is 12.6. The van der Waals surface area contributed by atoms with Gasteiger partial charge in [-0.25, -0.2) is 4.79 Å². The van der Waals surface area contributed by atoms with Crippen LogP contribution in [0.1, 0.15) is 41.0 Å². The predicted octanol–water partition coefficient (Wildman–Crippen LogP) is 4.57. The summed E-state index contributed by atoms with van der Waals surface area (Å²) in [6, 6.07) is 9.51. The van der Waals surface area contributed by atoms with Crippen molar-refractivity contribution in [3.63, 3.8) is 0 Å². The van der Waals surface area contributed by atoms with Crippen LogP contribution in [0.4, 0.5) is 5.69 Å². The summed E-state index contributed by atoms with van der Waals surface area (Å²) in [5.41, 5.74) is 1.27. The van der Waals surface area contributed by atoms with Gasteiger partial charge in [-0.15, -0.1) is 0 Å². The van der Waals surface area contributed by atoms with Crippen molar-refractivity contribution in [2.24, 2.45) is 0 Å². The number of carbonyl (C=O) groups excluding carboxylic acids is 2. The van der Waals surface area contributed by atoms with E-state index in [1.54, 1.807) is 30.3 Å². The summed E-state index contributed by atoms with van der Waals surface area (Å²) in [7, 11) is 1.31. The Morgan fingerprint density at radius 1 is 1.04 bits per heavy atom. The molecule has 2 aromatic rings. The number of hydrogen-bond acceptors (Lipinski definition) is 5. The van der Waals surface area contributed by atoms with Crippen molar-refractivity contribution in [1.29, 1.82) is 0 Å². The summed E-state index contributed by atoms with van der Waals surface area (Å²) in [4.78, 5) is 24.0. The van der Waals surface area contributed by atoms with E-state index >= 15 is 0 Å². The third-order valence-electron chi connectivity index (χ3n) is 3.59. The molecule has 0 saturated heterocycles. The zero-order chi connectivity index (χ0) is 19.8. The lowest BCUT2D eigenvalue weighted by atomic mass is 10.1. The van der Waals surface area contributed by atoms with Crippen LogP contribution in [0, 0.1) is 0 Å². The first kappa shape index (κ1) is 20.6. The Morgan fingerprint density at radius 2 is 1.74 bits per heavy atom. The molecule has 0 aliphatic rings. The minimum Gasteiger partial charge on any atom is -0.490 e. The molecule has 2 rings (SSSR count). The minimum absolute atomic E-state index is 0.306. The van der Waals surface area contributed by atoms with Gasteiger partial charge >= 0.3 is 5.97 Å². The zero-order valence-electron chi connectivity index (χ0n) is 15.5. The molecule has 7 heteroatoms. The van der Waals surface area contributed by atoms with Gasteiger partial charge in [0, 0.05) is 11.3 Å². The molecular formula is C20H22ClNO5. The lowest BCUT2D eigenvalue weighted by molar-refractivity contribution is 0.0600. The number of nitrogens with one attached hydrogen (secondary N) is 1. The van der Waals surface area contributed by atoms with Crippen molar-refractivity contribution >= 4 is 29.2 Å². The quantitative estimate of drug-likeness (QED) is 0.667. The van der Waals surface area contributed by atoms with E-state index in [0.717, 1.165) is 6.42 Å². The van der Waals surface area contributed by atoms with E-state index < -0.39 is 5.97 Å². The zero-order valence-corrected chi connectivity index (χ0v) is 16.3. The first-order chi connectivity index (χ1) is 13.0. The Balaban J connectivity index is 2.21. The van der Waals surface area contributed by atoms with Crippen molar-refractivity contribution < 1.29 is 23.8 Å². The van der Waals surface area contributed by atoms with Crippen molar-refractivity contribution in [3.8, 4) is 11.5 Å². The number of carbonyl (C=O) groups is 2. The van der Waals surface area contributed by atoms with E-state index in [2.05, 4.69) is 10.1 Å². The smallest absolute Gasteiger partial charge is 0.337 e. The molecular weight excluding hydrogens is 370 g/mol. The van der Waals surface area contributed by atoms with E-state index in [4.69, 9.17) is 21.1 Å². The number of methoxy groups -OCH3 is 1. The van der Waals surface area contributed by atoms with Gasteiger partial charge in [-0.2, -0.15) is 0 Å². The Morgan fingerprint density at radius 3 is 2.33 bits per heavy atom. The number of amides is 1. The van der Waals surface area contributed by atoms with Crippen LogP contribution in [0.3, 0.4) is 0 Å². The number of halogens is 1. The summed E-state index contributed by atoms with van der Waals surface area (Å²) in [6.45, 7) is 4.74. The average molecular weight is 392 g/mol. The maximum atomic E-state index is 12.6. The molecule has 1 N–H and O–H groups in total. The second kappa shape index (κ2) is 9.83. The van der Waals surface area contributed by atoms with Crippen molar-refractivity contribution in [1.82, 2.24) is 0 Å². The second-order valence-corrected chi connectivity index (χ2v) is 6.00. The molecule has 0 fully saturated rings. The van der Waals surface area contributed by atoms with Crippen molar-refractivity contribution in [2.45, 2.75) is 20.3 Å². The van der Waals surface area contributed by atoms with E-state index in [1.165, 1.54) is 13.2 Å². The molecule has 0 aliphatic carbocycles. The summed E-state index contributed by atoms with van der Waals surface area (Å²) in [6.07, 6.45) is 0.825. The lowest BCUT2D eigenvalue weighted by Gasteiger charge is -2.15. The molecule has 0 radical (unpaired) electrons. The summed E-state index contributed by atoms with van der Waals surface area (Å²) in [5, 5.41) is 3.06. The van der Waals surface area contributed by atoms with Gasteiger partial charge in [-0.05, 0) is 49.7 Å². The summed E-state index contributed by atoms with van der Waals surface area (Å²) in [5.74, 6) is 0.0541. The molecule has 144 valence electrons. The average Bonchev–Trinajstić information content (AvgIpc) is 2.67. The number of benzene rings is 2. The van der Waals surface area contributed by atoms with Crippen LogP contribution < -0.4 is 14.8 Å². The normalized spacial score (nSPS) is 10.2. The lowest BCUT2D eigenvalue weighted by Crippen LogP contribution is -2.13. The largest absolute Gasteiger partial charge is 0.490 e. The predicted molar refractivity (Wildman–Crippen MR) is 104 cm³/mol. The fourth-order valence-corrected chi connectivity index (χ4v) is 2.58. The van der Waals surface area contributed by atoms with Gasteiger partial charge in [-0.3, -0.25) is 4.79 Å². The third kappa shape index (κ3) is 5.37. The molecule has 6 nitrogen and oxygen atoms in total. The molecule has 0 aromatic heterocycles. The van der Waals surface area contributed by atoms with E-state index in [9.17, 15) is 9.59 Å². The SMILES string of the molecule is CCCOc1c(Cl)cc(C(=O)Nc2ccc(C(=O)OC)cc2)cc1OCC. The van der Waals surface area contributed by atoms with Gasteiger partial charge in [0.25, 0.3) is 5.91 Å². The molecule has 0 unspecified atom stereocenters. The van der Waals surface area contributed by atoms with Crippen LogP contribution in [-0.2, 0) is 4.74 Å². The van der Waals surface area contributed by atoms with E-state index in [0.29, 0.717) is 46.5 Å². The Hall–Kier alpha value is -2.73. The number of esters is 1. The minimum atomic E-state index is -0.441. The third-order valence-corrected chi connectivity index (χ3v) is 3.87. The Labute approximate surface area is 163 Å². The molecule has 27 heavy (non-hydrogen) atoms. The van der Waals surface area contributed by atoms with Crippen molar-refractivity contribution in [2.75, 3.05) is 25.6 Å². The molecule has 0 atom stereocenters. The monoisotopic (exact) mass is 391 g/mol. The summed E-state index contributed by atoms with van der Waals surface area (Å²) >= 11 is 6.29. The maximum Gasteiger partial charge on any atom is 0.337 e. The Bertz CT molecular complexity index is 805. The highest BCUT2D eigenvalue weighted by atomic mass is 35.5. The molecule has 0 spiro atoms. The standard InChI is InChI=1S/C20H22ClNO5/c1-4-10-27-18-16(21)11-14(12-17(18)26-5-2)19(23)22-15-8-6-13(7-9-15)20(24)25-3/h6-9,11-12H,4-5,10H2,1-3H3,(H,22,23). The van der Waals surface area contributed by atoms with Crippen molar-refractivity contribution in [3.05, 3.63) is 52.5 Å². The van der Waals surface area contributed by atoms with Crippen LogP contribution in [0.5, 0.6) is 11.5 Å². The highest BCUT2D eigenvalue weighted by molar-refractivity contribution is 6.32. The van der Waals surface area contributed by atoms with Crippen LogP contribution >= 0.6 is 11.6 Å². The fourth-order valence-electron chi connectivity index (χ4n) is 2.32. The van der Waals surface area contributed by atoms with Gasteiger partial charge in [0.2, 0.25) is 0 Å².